The number of piperazine rings is 1. The number of hydrogen-bond donors (Lipinski definition) is 2. The first kappa shape index (κ1) is 18.4. The number of hydrogen-bond acceptors (Lipinski definition) is 3. The average molecular weight is 366 g/mol. The van der Waals surface area contributed by atoms with Gasteiger partial charge < -0.3 is 20.9 Å². The molecule has 0 spiro atoms. The Kier molecular flexibility index (Phi) is 5.71. The van der Waals surface area contributed by atoms with Crippen molar-refractivity contribution in [1.29, 1.82) is 0 Å². The number of nitrogens with one attached hydrogen (secondary N) is 1. The van der Waals surface area contributed by atoms with Crippen LogP contribution in [0.25, 0.3) is 0 Å². The van der Waals surface area contributed by atoms with Gasteiger partial charge in [-0.1, -0.05) is 30.3 Å². The Morgan fingerprint density at radius 1 is 0.778 bits per heavy atom. The standard InChI is InChI=1S/C20H22N4O3/c21-20(27)22-14-15-6-8-17(9-7-15)19(26)24-12-10-23(11-13-24)18(25)16-4-2-1-3-5-16/h1-9H,10-14H2,(H3,21,22,27). The Labute approximate surface area is 157 Å². The third-order valence-corrected chi connectivity index (χ3v) is 4.54. The van der Waals surface area contributed by atoms with Gasteiger partial charge in [-0.2, -0.15) is 0 Å². The fourth-order valence-corrected chi connectivity index (χ4v) is 3.01. The van der Waals surface area contributed by atoms with Gasteiger partial charge in [-0.25, -0.2) is 4.79 Å². The number of rotatable bonds is 4. The van der Waals surface area contributed by atoms with E-state index in [1.807, 2.05) is 18.2 Å². The molecule has 0 bridgehead atoms. The molecule has 1 aliphatic rings. The maximum Gasteiger partial charge on any atom is 0.312 e. The van der Waals surface area contributed by atoms with Gasteiger partial charge in [-0.05, 0) is 29.8 Å². The Morgan fingerprint density at radius 3 is 1.74 bits per heavy atom. The quantitative estimate of drug-likeness (QED) is 0.857. The Balaban J connectivity index is 1.55. The van der Waals surface area contributed by atoms with Crippen molar-refractivity contribution in [1.82, 2.24) is 15.1 Å². The van der Waals surface area contributed by atoms with E-state index in [1.165, 1.54) is 0 Å². The van der Waals surface area contributed by atoms with Crippen molar-refractivity contribution in [3.05, 3.63) is 71.3 Å². The molecule has 1 saturated heterocycles. The molecule has 0 radical (unpaired) electrons. The lowest BCUT2D eigenvalue weighted by molar-refractivity contribution is 0.0535. The number of nitrogens with zero attached hydrogens (tertiary/aromatic N) is 2. The second kappa shape index (κ2) is 8.35. The predicted molar refractivity (Wildman–Crippen MR) is 101 cm³/mol. The summed E-state index contributed by atoms with van der Waals surface area (Å²) in [6, 6.07) is 15.6. The minimum atomic E-state index is -0.585. The van der Waals surface area contributed by atoms with E-state index < -0.39 is 6.03 Å². The Morgan fingerprint density at radius 2 is 1.26 bits per heavy atom. The zero-order valence-electron chi connectivity index (χ0n) is 14.9. The van der Waals surface area contributed by atoms with Crippen molar-refractivity contribution in [2.45, 2.75) is 6.54 Å². The van der Waals surface area contributed by atoms with Crippen LogP contribution in [0.3, 0.4) is 0 Å². The smallest absolute Gasteiger partial charge is 0.312 e. The van der Waals surface area contributed by atoms with Gasteiger partial charge in [0, 0.05) is 43.9 Å². The zero-order chi connectivity index (χ0) is 19.2. The van der Waals surface area contributed by atoms with E-state index in [-0.39, 0.29) is 11.8 Å². The normalized spacial score (nSPS) is 13.9. The first-order chi connectivity index (χ1) is 13.0. The maximum atomic E-state index is 12.7. The van der Waals surface area contributed by atoms with Crippen LogP contribution in [0.15, 0.2) is 54.6 Å². The number of nitrogens with two attached hydrogens (primary N) is 1. The van der Waals surface area contributed by atoms with Crippen LogP contribution in [0.5, 0.6) is 0 Å². The molecule has 0 unspecified atom stereocenters. The third kappa shape index (κ3) is 4.63. The first-order valence-corrected chi connectivity index (χ1v) is 8.80. The fourth-order valence-electron chi connectivity index (χ4n) is 3.01. The molecule has 3 N–H and O–H groups in total. The molecule has 1 aliphatic heterocycles. The number of urea groups is 1. The summed E-state index contributed by atoms with van der Waals surface area (Å²) in [6.07, 6.45) is 0. The third-order valence-electron chi connectivity index (χ3n) is 4.54. The van der Waals surface area contributed by atoms with Crippen molar-refractivity contribution >= 4 is 17.8 Å². The van der Waals surface area contributed by atoms with Crippen molar-refractivity contribution in [2.24, 2.45) is 5.73 Å². The summed E-state index contributed by atoms with van der Waals surface area (Å²) in [6.45, 7) is 2.36. The van der Waals surface area contributed by atoms with Gasteiger partial charge in [0.1, 0.15) is 0 Å². The van der Waals surface area contributed by atoms with Gasteiger partial charge in [0.2, 0.25) is 0 Å². The highest BCUT2D eigenvalue weighted by atomic mass is 16.2. The second-order valence-electron chi connectivity index (χ2n) is 6.37. The van der Waals surface area contributed by atoms with Crippen LogP contribution in [-0.4, -0.2) is 53.8 Å². The minimum absolute atomic E-state index is 0.00555. The molecular weight excluding hydrogens is 344 g/mol. The first-order valence-electron chi connectivity index (χ1n) is 8.80. The van der Waals surface area contributed by atoms with Gasteiger partial charge in [0.25, 0.3) is 11.8 Å². The molecule has 2 aromatic carbocycles. The van der Waals surface area contributed by atoms with Crippen molar-refractivity contribution in [3.63, 3.8) is 0 Å². The summed E-state index contributed by atoms with van der Waals surface area (Å²) in [5.41, 5.74) is 7.16. The van der Waals surface area contributed by atoms with E-state index in [0.29, 0.717) is 43.9 Å². The number of carbonyl (C=O) groups excluding carboxylic acids is 3. The molecule has 3 rings (SSSR count). The summed E-state index contributed by atoms with van der Waals surface area (Å²) in [4.78, 5) is 39.4. The molecule has 1 heterocycles. The van der Waals surface area contributed by atoms with E-state index in [9.17, 15) is 14.4 Å². The molecule has 0 saturated carbocycles. The van der Waals surface area contributed by atoms with Gasteiger partial charge in [-0.3, -0.25) is 9.59 Å². The molecule has 27 heavy (non-hydrogen) atoms. The Bertz CT molecular complexity index is 813. The van der Waals surface area contributed by atoms with Crippen LogP contribution in [0.4, 0.5) is 4.79 Å². The summed E-state index contributed by atoms with van der Waals surface area (Å²) in [5.74, 6) is -0.0646. The molecule has 140 valence electrons. The van der Waals surface area contributed by atoms with Gasteiger partial charge in [0.15, 0.2) is 0 Å². The summed E-state index contributed by atoms with van der Waals surface area (Å²) in [5, 5.41) is 2.51. The lowest BCUT2D eigenvalue weighted by Gasteiger charge is -2.35. The van der Waals surface area contributed by atoms with Gasteiger partial charge in [0.05, 0.1) is 0 Å². The van der Waals surface area contributed by atoms with Crippen LogP contribution in [0.2, 0.25) is 0 Å². The zero-order valence-corrected chi connectivity index (χ0v) is 14.9. The average Bonchev–Trinajstić information content (AvgIpc) is 2.72. The number of amides is 4. The molecule has 4 amide bonds. The molecule has 1 fully saturated rings. The molecule has 2 aromatic rings. The van der Waals surface area contributed by atoms with Crippen LogP contribution in [0.1, 0.15) is 26.3 Å². The topological polar surface area (TPSA) is 95.7 Å². The summed E-state index contributed by atoms with van der Waals surface area (Å²) < 4.78 is 0. The highest BCUT2D eigenvalue weighted by Gasteiger charge is 2.25. The lowest BCUT2D eigenvalue weighted by atomic mass is 10.1. The summed E-state index contributed by atoms with van der Waals surface area (Å²) in [7, 11) is 0. The van der Waals surface area contributed by atoms with Crippen LogP contribution in [-0.2, 0) is 6.54 Å². The molecular formula is C20H22N4O3. The molecule has 7 nitrogen and oxygen atoms in total. The minimum Gasteiger partial charge on any atom is -0.352 e. The van der Waals surface area contributed by atoms with Gasteiger partial charge >= 0.3 is 6.03 Å². The highest BCUT2D eigenvalue weighted by molar-refractivity contribution is 5.96. The highest BCUT2D eigenvalue weighted by Crippen LogP contribution is 2.13. The number of benzene rings is 2. The number of carbonyl (C=O) groups is 3. The van der Waals surface area contributed by atoms with Crippen LogP contribution < -0.4 is 11.1 Å². The van der Waals surface area contributed by atoms with E-state index in [2.05, 4.69) is 5.32 Å². The second-order valence-corrected chi connectivity index (χ2v) is 6.37. The largest absolute Gasteiger partial charge is 0.352 e. The Hall–Kier alpha value is -3.35. The van der Waals surface area contributed by atoms with Crippen molar-refractivity contribution in [3.8, 4) is 0 Å². The van der Waals surface area contributed by atoms with Crippen LogP contribution in [0, 0.1) is 0 Å². The predicted octanol–water partition coefficient (Wildman–Crippen LogP) is 1.45. The SMILES string of the molecule is NC(=O)NCc1ccc(C(=O)N2CCN(C(=O)c3ccccc3)CC2)cc1. The molecule has 0 atom stereocenters. The molecule has 0 aliphatic carbocycles. The molecule has 7 heteroatoms. The van der Waals surface area contributed by atoms with E-state index in [4.69, 9.17) is 5.73 Å². The van der Waals surface area contributed by atoms with Crippen LogP contribution >= 0.6 is 0 Å². The number of primary amides is 1. The van der Waals surface area contributed by atoms with Crippen molar-refractivity contribution in [2.75, 3.05) is 26.2 Å². The fraction of sp³-hybridized carbons (Fsp3) is 0.250. The van der Waals surface area contributed by atoms with E-state index >= 15 is 0 Å². The van der Waals surface area contributed by atoms with E-state index in [0.717, 1.165) is 5.56 Å². The summed E-state index contributed by atoms with van der Waals surface area (Å²) >= 11 is 0. The van der Waals surface area contributed by atoms with Gasteiger partial charge in [-0.15, -0.1) is 0 Å². The lowest BCUT2D eigenvalue weighted by Crippen LogP contribution is -2.50. The van der Waals surface area contributed by atoms with Crippen molar-refractivity contribution < 1.29 is 14.4 Å². The molecule has 0 aromatic heterocycles. The monoisotopic (exact) mass is 366 g/mol. The van der Waals surface area contributed by atoms with E-state index in [1.54, 1.807) is 46.2 Å². The maximum absolute atomic E-state index is 12.7.